The van der Waals surface area contributed by atoms with Crippen LogP contribution in [0.4, 0.5) is 5.69 Å². The first kappa shape index (κ1) is 15.5. The third-order valence-electron chi connectivity index (χ3n) is 3.36. The van der Waals surface area contributed by atoms with Gasteiger partial charge in [0.15, 0.2) is 0 Å². The molecule has 0 aliphatic heterocycles. The smallest absolute Gasteiger partial charge is 0.242 e. The molecule has 0 saturated carbocycles. The lowest BCUT2D eigenvalue weighted by Crippen LogP contribution is -2.26. The molecule has 4 N–H and O–H groups in total. The summed E-state index contributed by atoms with van der Waals surface area (Å²) in [5.74, 6) is 0. The maximum atomic E-state index is 12.3. The summed E-state index contributed by atoms with van der Waals surface area (Å²) in [6.45, 7) is 4.04. The summed E-state index contributed by atoms with van der Waals surface area (Å²) < 4.78 is 27.2. The third-order valence-corrected chi connectivity index (χ3v) is 5.04. The van der Waals surface area contributed by atoms with Crippen molar-refractivity contribution < 1.29 is 8.42 Å². The number of hydrogen-bond acceptors (Lipinski definition) is 4. The van der Waals surface area contributed by atoms with E-state index in [1.165, 1.54) is 0 Å². The molecule has 1 aromatic carbocycles. The summed E-state index contributed by atoms with van der Waals surface area (Å²) in [5, 5.41) is 6.80. The molecule has 0 fully saturated rings. The first-order valence-corrected chi connectivity index (χ1v) is 8.24. The van der Waals surface area contributed by atoms with Crippen molar-refractivity contribution in [3.63, 3.8) is 0 Å². The van der Waals surface area contributed by atoms with Crippen LogP contribution in [0.1, 0.15) is 23.2 Å². The summed E-state index contributed by atoms with van der Waals surface area (Å²) in [6, 6.07) is 5.07. The van der Waals surface area contributed by atoms with E-state index in [1.807, 2.05) is 6.92 Å². The van der Waals surface area contributed by atoms with Gasteiger partial charge in [-0.05, 0) is 43.9 Å². The van der Waals surface area contributed by atoms with E-state index in [4.69, 9.17) is 5.73 Å². The minimum atomic E-state index is -3.57. The lowest BCUT2D eigenvalue weighted by Gasteiger charge is -2.11. The van der Waals surface area contributed by atoms with Crippen LogP contribution in [0, 0.1) is 13.8 Å². The molecule has 0 unspecified atom stereocenters. The first-order valence-electron chi connectivity index (χ1n) is 6.75. The van der Waals surface area contributed by atoms with Crippen LogP contribution in [0.3, 0.4) is 0 Å². The molecule has 0 radical (unpaired) electrons. The van der Waals surface area contributed by atoms with E-state index < -0.39 is 10.0 Å². The van der Waals surface area contributed by atoms with E-state index in [0.29, 0.717) is 18.5 Å². The van der Waals surface area contributed by atoms with Crippen LogP contribution in [-0.4, -0.2) is 25.2 Å². The van der Waals surface area contributed by atoms with Crippen LogP contribution in [0.25, 0.3) is 0 Å². The number of aromatic nitrogens is 2. The van der Waals surface area contributed by atoms with E-state index in [9.17, 15) is 8.42 Å². The SMILES string of the molecule is Cc1cccc(N)c1S(=O)(=O)NCCCc1cn[nH]c1C. The fourth-order valence-corrected chi connectivity index (χ4v) is 3.66. The second-order valence-electron chi connectivity index (χ2n) is 5.01. The van der Waals surface area contributed by atoms with Crippen molar-refractivity contribution in [2.45, 2.75) is 31.6 Å². The Morgan fingerprint density at radius 2 is 2.10 bits per heavy atom. The van der Waals surface area contributed by atoms with Crippen molar-refractivity contribution in [1.82, 2.24) is 14.9 Å². The van der Waals surface area contributed by atoms with Crippen LogP contribution in [0.5, 0.6) is 0 Å². The molecule has 1 heterocycles. The van der Waals surface area contributed by atoms with Crippen LogP contribution >= 0.6 is 0 Å². The molecule has 0 amide bonds. The molecule has 21 heavy (non-hydrogen) atoms. The maximum absolute atomic E-state index is 12.3. The van der Waals surface area contributed by atoms with Crippen molar-refractivity contribution >= 4 is 15.7 Å². The molecule has 2 rings (SSSR count). The summed E-state index contributed by atoms with van der Waals surface area (Å²) >= 11 is 0. The van der Waals surface area contributed by atoms with E-state index in [1.54, 1.807) is 31.3 Å². The highest BCUT2D eigenvalue weighted by molar-refractivity contribution is 7.89. The Morgan fingerprint density at radius 1 is 1.33 bits per heavy atom. The predicted molar refractivity (Wildman–Crippen MR) is 82.4 cm³/mol. The standard InChI is InChI=1S/C14H20N4O2S/c1-10-5-3-7-13(15)14(10)21(19,20)17-8-4-6-12-9-16-18-11(12)2/h3,5,7,9,17H,4,6,8,15H2,1-2H3,(H,16,18). The molecule has 0 aliphatic carbocycles. The van der Waals surface area contributed by atoms with Gasteiger partial charge >= 0.3 is 0 Å². The monoisotopic (exact) mass is 308 g/mol. The van der Waals surface area contributed by atoms with E-state index in [0.717, 1.165) is 17.7 Å². The zero-order valence-corrected chi connectivity index (χ0v) is 13.0. The van der Waals surface area contributed by atoms with Gasteiger partial charge in [0.25, 0.3) is 0 Å². The Balaban J connectivity index is 1.97. The highest BCUT2D eigenvalue weighted by Gasteiger charge is 2.19. The van der Waals surface area contributed by atoms with Gasteiger partial charge in [0.2, 0.25) is 10.0 Å². The fourth-order valence-electron chi connectivity index (χ4n) is 2.23. The van der Waals surface area contributed by atoms with Gasteiger partial charge in [0.1, 0.15) is 4.90 Å². The van der Waals surface area contributed by atoms with Crippen molar-refractivity contribution in [3.8, 4) is 0 Å². The second kappa shape index (κ2) is 6.28. The minimum absolute atomic E-state index is 0.171. The van der Waals surface area contributed by atoms with E-state index in [-0.39, 0.29) is 10.6 Å². The number of H-pyrrole nitrogens is 1. The molecule has 6 nitrogen and oxygen atoms in total. The Hall–Kier alpha value is -1.86. The number of aromatic amines is 1. The van der Waals surface area contributed by atoms with Crippen molar-refractivity contribution in [1.29, 1.82) is 0 Å². The molecule has 0 spiro atoms. The van der Waals surface area contributed by atoms with Crippen LogP contribution in [0.2, 0.25) is 0 Å². The zero-order chi connectivity index (χ0) is 15.5. The zero-order valence-electron chi connectivity index (χ0n) is 12.2. The average molecular weight is 308 g/mol. The first-order chi connectivity index (χ1) is 9.92. The Labute approximate surface area is 124 Å². The molecular formula is C14H20N4O2S. The van der Waals surface area contributed by atoms with Crippen LogP contribution < -0.4 is 10.5 Å². The molecular weight excluding hydrogens is 288 g/mol. The van der Waals surface area contributed by atoms with Crippen LogP contribution in [-0.2, 0) is 16.4 Å². The maximum Gasteiger partial charge on any atom is 0.242 e. The average Bonchev–Trinajstić information content (AvgIpc) is 2.80. The van der Waals surface area contributed by atoms with Crippen molar-refractivity contribution in [2.24, 2.45) is 0 Å². The van der Waals surface area contributed by atoms with Crippen molar-refractivity contribution in [3.05, 3.63) is 41.2 Å². The lowest BCUT2D eigenvalue weighted by atomic mass is 10.1. The van der Waals surface area contributed by atoms with Crippen LogP contribution in [0.15, 0.2) is 29.3 Å². The minimum Gasteiger partial charge on any atom is -0.398 e. The van der Waals surface area contributed by atoms with Gasteiger partial charge in [-0.15, -0.1) is 0 Å². The summed E-state index contributed by atoms with van der Waals surface area (Å²) in [6.07, 6.45) is 3.24. The van der Waals surface area contributed by atoms with E-state index in [2.05, 4.69) is 14.9 Å². The summed E-state index contributed by atoms with van der Waals surface area (Å²) in [5.41, 5.74) is 8.81. The quantitative estimate of drug-likeness (QED) is 0.556. The topological polar surface area (TPSA) is 101 Å². The largest absolute Gasteiger partial charge is 0.398 e. The number of hydrogen-bond donors (Lipinski definition) is 3. The second-order valence-corrected chi connectivity index (χ2v) is 6.72. The fraction of sp³-hybridized carbons (Fsp3) is 0.357. The van der Waals surface area contributed by atoms with Gasteiger partial charge in [0, 0.05) is 12.2 Å². The number of nitrogens with zero attached hydrogens (tertiary/aromatic N) is 1. The van der Waals surface area contributed by atoms with Gasteiger partial charge < -0.3 is 5.73 Å². The molecule has 114 valence electrons. The molecule has 1 aromatic heterocycles. The van der Waals surface area contributed by atoms with Crippen molar-refractivity contribution in [2.75, 3.05) is 12.3 Å². The van der Waals surface area contributed by atoms with Gasteiger partial charge in [-0.3, -0.25) is 5.10 Å². The summed E-state index contributed by atoms with van der Waals surface area (Å²) in [7, 11) is -3.57. The number of nitrogen functional groups attached to an aromatic ring is 1. The number of sulfonamides is 1. The van der Waals surface area contributed by atoms with Gasteiger partial charge in [-0.2, -0.15) is 5.10 Å². The number of benzene rings is 1. The van der Waals surface area contributed by atoms with Gasteiger partial charge in [0.05, 0.1) is 11.9 Å². The highest BCUT2D eigenvalue weighted by atomic mass is 32.2. The lowest BCUT2D eigenvalue weighted by molar-refractivity contribution is 0.579. The Bertz CT molecular complexity index is 702. The normalized spacial score (nSPS) is 11.7. The number of nitrogens with two attached hydrogens (primary N) is 1. The molecule has 0 atom stereocenters. The molecule has 0 aliphatic rings. The molecule has 2 aromatic rings. The number of anilines is 1. The third kappa shape index (κ3) is 3.62. The van der Waals surface area contributed by atoms with Gasteiger partial charge in [-0.25, -0.2) is 13.1 Å². The number of rotatable bonds is 6. The summed E-state index contributed by atoms with van der Waals surface area (Å²) in [4.78, 5) is 0.171. The van der Waals surface area contributed by atoms with E-state index >= 15 is 0 Å². The predicted octanol–water partition coefficient (Wildman–Crippen LogP) is 1.52. The Kier molecular flexibility index (Phi) is 4.64. The highest BCUT2D eigenvalue weighted by Crippen LogP contribution is 2.21. The molecule has 0 saturated heterocycles. The number of aryl methyl sites for hydroxylation is 3. The Morgan fingerprint density at radius 3 is 2.71 bits per heavy atom. The molecule has 0 bridgehead atoms. The number of nitrogens with one attached hydrogen (secondary N) is 2. The molecule has 7 heteroatoms. The van der Waals surface area contributed by atoms with Gasteiger partial charge in [-0.1, -0.05) is 12.1 Å².